The van der Waals surface area contributed by atoms with Gasteiger partial charge < -0.3 is 0 Å². The minimum atomic E-state index is -0.0870. The Bertz CT molecular complexity index is 703. The Balaban J connectivity index is 2.03. The lowest BCUT2D eigenvalue weighted by atomic mass is 9.93. The van der Waals surface area contributed by atoms with E-state index >= 15 is 0 Å². The summed E-state index contributed by atoms with van der Waals surface area (Å²) in [7, 11) is 0. The zero-order chi connectivity index (χ0) is 13.9. The van der Waals surface area contributed by atoms with Gasteiger partial charge >= 0.3 is 0 Å². The third-order valence-electron chi connectivity index (χ3n) is 3.71. The second kappa shape index (κ2) is 5.64. The molecule has 2 heteroatoms. The van der Waals surface area contributed by atoms with Crippen LogP contribution in [0.4, 0.5) is 0 Å². The smallest absolute Gasteiger partial charge is 0.0672 e. The van der Waals surface area contributed by atoms with E-state index in [9.17, 15) is 0 Å². The van der Waals surface area contributed by atoms with E-state index < -0.39 is 0 Å². The van der Waals surface area contributed by atoms with E-state index in [2.05, 4.69) is 54.4 Å². The third kappa shape index (κ3) is 2.41. The van der Waals surface area contributed by atoms with Crippen LogP contribution in [0.1, 0.15) is 29.5 Å². The largest absolute Gasteiger partial charge is 0.261 e. The molecule has 0 spiro atoms. The van der Waals surface area contributed by atoms with Crippen molar-refractivity contribution in [1.82, 2.24) is 4.98 Å². The predicted octanol–water partition coefficient (Wildman–Crippen LogP) is 5.32. The zero-order valence-corrected chi connectivity index (χ0v) is 12.1. The Morgan fingerprint density at radius 2 is 1.65 bits per heavy atom. The number of alkyl halides is 1. The van der Waals surface area contributed by atoms with E-state index in [1.807, 2.05) is 24.4 Å². The average Bonchev–Trinajstić information content (AvgIpc) is 2.54. The molecule has 100 valence electrons. The molecule has 0 amide bonds. The topological polar surface area (TPSA) is 12.9 Å². The Morgan fingerprint density at radius 1 is 0.900 bits per heavy atom. The van der Waals surface area contributed by atoms with Crippen molar-refractivity contribution in [3.63, 3.8) is 0 Å². The first-order valence-corrected chi connectivity index (χ1v) is 7.23. The molecule has 3 rings (SSSR count). The Hall–Kier alpha value is -1.86. The highest BCUT2D eigenvalue weighted by Gasteiger charge is 2.20. The lowest BCUT2D eigenvalue weighted by Crippen LogP contribution is -2.05. The van der Waals surface area contributed by atoms with Crippen molar-refractivity contribution in [1.29, 1.82) is 0 Å². The number of fused-ring (bicyclic) bond motifs is 1. The SMILES string of the molecule is CC(c1ccccn1)C(Cl)c1cccc2ccccc12. The van der Waals surface area contributed by atoms with Crippen molar-refractivity contribution < 1.29 is 0 Å². The van der Waals surface area contributed by atoms with Crippen LogP contribution in [0.5, 0.6) is 0 Å². The molecular formula is C18H16ClN. The van der Waals surface area contributed by atoms with Crippen molar-refractivity contribution in [2.24, 2.45) is 0 Å². The molecule has 3 aromatic rings. The summed E-state index contributed by atoms with van der Waals surface area (Å²) in [6.07, 6.45) is 1.82. The third-order valence-corrected chi connectivity index (χ3v) is 4.33. The molecule has 0 fully saturated rings. The molecule has 1 aromatic heterocycles. The molecule has 2 aromatic carbocycles. The van der Waals surface area contributed by atoms with Gasteiger partial charge in [-0.25, -0.2) is 0 Å². The lowest BCUT2D eigenvalue weighted by molar-refractivity contribution is 0.710. The molecule has 20 heavy (non-hydrogen) atoms. The average molecular weight is 282 g/mol. The Labute approximate surface area is 124 Å². The summed E-state index contributed by atoms with van der Waals surface area (Å²) in [5, 5.41) is 2.36. The number of aromatic nitrogens is 1. The van der Waals surface area contributed by atoms with Gasteiger partial charge in [-0.1, -0.05) is 55.5 Å². The van der Waals surface area contributed by atoms with E-state index in [0.717, 1.165) is 5.69 Å². The van der Waals surface area contributed by atoms with Crippen molar-refractivity contribution in [2.75, 3.05) is 0 Å². The van der Waals surface area contributed by atoms with Gasteiger partial charge in [0.2, 0.25) is 0 Å². The molecule has 0 radical (unpaired) electrons. The predicted molar refractivity (Wildman–Crippen MR) is 85.2 cm³/mol. The van der Waals surface area contributed by atoms with Crippen LogP contribution < -0.4 is 0 Å². The van der Waals surface area contributed by atoms with Gasteiger partial charge in [-0.3, -0.25) is 4.98 Å². The summed E-state index contributed by atoms with van der Waals surface area (Å²) < 4.78 is 0. The number of benzene rings is 2. The maximum Gasteiger partial charge on any atom is 0.0672 e. The van der Waals surface area contributed by atoms with Gasteiger partial charge in [-0.15, -0.1) is 11.6 Å². The summed E-state index contributed by atoms with van der Waals surface area (Å²) in [5.74, 6) is 0.170. The van der Waals surface area contributed by atoms with Crippen LogP contribution in [0, 0.1) is 0 Å². The highest BCUT2D eigenvalue weighted by atomic mass is 35.5. The standard InChI is InChI=1S/C18H16ClN/c1-13(17-11-4-5-12-20-17)18(19)16-10-6-8-14-7-2-3-9-15(14)16/h2-13,18H,1H3. The normalized spacial score (nSPS) is 14.1. The number of rotatable bonds is 3. The number of hydrogen-bond acceptors (Lipinski definition) is 1. The molecule has 0 aliphatic heterocycles. The molecule has 0 saturated carbocycles. The Kier molecular flexibility index (Phi) is 3.70. The summed E-state index contributed by atoms with van der Waals surface area (Å²) in [5.41, 5.74) is 2.20. The van der Waals surface area contributed by atoms with Gasteiger partial charge in [-0.2, -0.15) is 0 Å². The monoisotopic (exact) mass is 281 g/mol. The van der Waals surface area contributed by atoms with Crippen molar-refractivity contribution >= 4 is 22.4 Å². The second-order valence-corrected chi connectivity index (χ2v) is 5.48. The molecule has 2 atom stereocenters. The molecule has 0 saturated heterocycles. The maximum absolute atomic E-state index is 6.73. The van der Waals surface area contributed by atoms with Crippen LogP contribution >= 0.6 is 11.6 Å². The minimum Gasteiger partial charge on any atom is -0.261 e. The number of halogens is 1. The van der Waals surface area contributed by atoms with Crippen LogP contribution in [-0.2, 0) is 0 Å². The van der Waals surface area contributed by atoms with Gasteiger partial charge in [0.05, 0.1) is 5.38 Å². The van der Waals surface area contributed by atoms with Crippen LogP contribution in [0.15, 0.2) is 66.9 Å². The van der Waals surface area contributed by atoms with Crippen molar-refractivity contribution in [2.45, 2.75) is 18.2 Å². The van der Waals surface area contributed by atoms with Crippen molar-refractivity contribution in [3.8, 4) is 0 Å². The van der Waals surface area contributed by atoms with Gasteiger partial charge in [0, 0.05) is 17.8 Å². The van der Waals surface area contributed by atoms with Crippen LogP contribution in [0.3, 0.4) is 0 Å². The fourth-order valence-corrected chi connectivity index (χ4v) is 2.87. The van der Waals surface area contributed by atoms with Crippen molar-refractivity contribution in [3.05, 3.63) is 78.1 Å². The summed E-state index contributed by atoms with van der Waals surface area (Å²) >= 11 is 6.73. The van der Waals surface area contributed by atoms with E-state index in [-0.39, 0.29) is 11.3 Å². The van der Waals surface area contributed by atoms with Crippen LogP contribution in [0.2, 0.25) is 0 Å². The molecule has 0 N–H and O–H groups in total. The number of hydrogen-bond donors (Lipinski definition) is 0. The quantitative estimate of drug-likeness (QED) is 0.592. The highest BCUT2D eigenvalue weighted by Crippen LogP contribution is 2.38. The first-order chi connectivity index (χ1) is 9.77. The van der Waals surface area contributed by atoms with Gasteiger partial charge in [0.25, 0.3) is 0 Å². The van der Waals surface area contributed by atoms with E-state index in [1.165, 1.54) is 16.3 Å². The summed E-state index contributed by atoms with van der Waals surface area (Å²) in [6, 6.07) is 20.6. The van der Waals surface area contributed by atoms with Gasteiger partial charge in [0.1, 0.15) is 0 Å². The molecule has 1 nitrogen and oxygen atoms in total. The first kappa shape index (κ1) is 13.1. The fourth-order valence-electron chi connectivity index (χ4n) is 2.56. The van der Waals surface area contributed by atoms with Crippen LogP contribution in [-0.4, -0.2) is 4.98 Å². The lowest BCUT2D eigenvalue weighted by Gasteiger charge is -2.19. The van der Waals surface area contributed by atoms with E-state index in [1.54, 1.807) is 0 Å². The number of nitrogens with zero attached hydrogens (tertiary/aromatic N) is 1. The summed E-state index contributed by atoms with van der Waals surface area (Å²) in [6.45, 7) is 2.13. The minimum absolute atomic E-state index is 0.0870. The summed E-state index contributed by atoms with van der Waals surface area (Å²) in [4.78, 5) is 4.42. The van der Waals surface area contributed by atoms with Gasteiger partial charge in [0.15, 0.2) is 0 Å². The molecule has 0 bridgehead atoms. The number of pyridine rings is 1. The molecular weight excluding hydrogens is 266 g/mol. The van der Waals surface area contributed by atoms with E-state index in [4.69, 9.17) is 11.6 Å². The fraction of sp³-hybridized carbons (Fsp3) is 0.167. The maximum atomic E-state index is 6.73. The first-order valence-electron chi connectivity index (χ1n) is 6.80. The van der Waals surface area contributed by atoms with Crippen LogP contribution in [0.25, 0.3) is 10.8 Å². The molecule has 0 aliphatic rings. The van der Waals surface area contributed by atoms with E-state index in [0.29, 0.717) is 0 Å². The molecule has 2 unspecified atom stereocenters. The highest BCUT2D eigenvalue weighted by molar-refractivity contribution is 6.22. The Morgan fingerprint density at radius 3 is 2.45 bits per heavy atom. The molecule has 0 aliphatic carbocycles. The molecule has 1 heterocycles. The van der Waals surface area contributed by atoms with Gasteiger partial charge in [-0.05, 0) is 28.5 Å². The second-order valence-electron chi connectivity index (χ2n) is 5.01. The zero-order valence-electron chi connectivity index (χ0n) is 11.3.